The summed E-state index contributed by atoms with van der Waals surface area (Å²) in [6.07, 6.45) is 5.02. The predicted molar refractivity (Wildman–Crippen MR) is 82.7 cm³/mol. The van der Waals surface area contributed by atoms with Gasteiger partial charge in [0.15, 0.2) is 0 Å². The molecule has 1 aromatic carbocycles. The number of nitrogens with one attached hydrogen (secondary N) is 1. The topological polar surface area (TPSA) is 15.3 Å². The molecular formula is C14H17Cl3N2. The number of rotatable bonds is 2. The van der Waals surface area contributed by atoms with Gasteiger partial charge in [0.1, 0.15) is 0 Å². The molecule has 0 aliphatic carbocycles. The minimum atomic E-state index is 0.481. The zero-order valence-corrected chi connectivity index (χ0v) is 12.9. The van der Waals surface area contributed by atoms with Gasteiger partial charge in [-0.05, 0) is 44.4 Å². The smallest absolute Gasteiger partial charge is 0.0653 e. The summed E-state index contributed by atoms with van der Waals surface area (Å²) < 4.78 is 0. The molecule has 0 amide bonds. The molecule has 0 saturated carbocycles. The van der Waals surface area contributed by atoms with Crippen LogP contribution in [0.2, 0.25) is 15.1 Å². The first-order valence-corrected chi connectivity index (χ1v) is 7.92. The number of fused-ring (bicyclic) bond motifs is 1. The number of benzene rings is 1. The van der Waals surface area contributed by atoms with Crippen LogP contribution in [0.4, 0.5) is 5.69 Å². The third kappa shape index (κ3) is 2.97. The van der Waals surface area contributed by atoms with Gasteiger partial charge in [-0.1, -0.05) is 34.8 Å². The van der Waals surface area contributed by atoms with Crippen molar-refractivity contribution in [3.05, 3.63) is 27.2 Å². The molecule has 2 aliphatic heterocycles. The monoisotopic (exact) mass is 318 g/mol. The molecule has 0 bridgehead atoms. The second-order valence-corrected chi connectivity index (χ2v) is 6.67. The molecule has 0 radical (unpaired) electrons. The Morgan fingerprint density at radius 1 is 1.00 bits per heavy atom. The van der Waals surface area contributed by atoms with Crippen LogP contribution in [-0.4, -0.2) is 30.1 Å². The molecule has 2 aliphatic rings. The normalized spacial score (nSPS) is 27.3. The first kappa shape index (κ1) is 13.8. The standard InChI is InChI=1S/C14H17Cl3N2/c15-11-7-13(17)14(8-12(11)16)18-9-3-5-19-4-1-2-10(19)6-9/h7-10,18H,1-6H2. The van der Waals surface area contributed by atoms with Gasteiger partial charge < -0.3 is 10.2 Å². The maximum Gasteiger partial charge on any atom is 0.0653 e. The van der Waals surface area contributed by atoms with E-state index in [9.17, 15) is 0 Å². The number of anilines is 1. The second kappa shape index (κ2) is 5.69. The van der Waals surface area contributed by atoms with Crippen molar-refractivity contribution >= 4 is 40.5 Å². The summed E-state index contributed by atoms with van der Waals surface area (Å²) in [5, 5.41) is 5.22. The number of hydrogen-bond acceptors (Lipinski definition) is 2. The van der Waals surface area contributed by atoms with E-state index in [1.165, 1.54) is 32.4 Å². The van der Waals surface area contributed by atoms with Crippen molar-refractivity contribution in [2.24, 2.45) is 0 Å². The SMILES string of the molecule is Clc1cc(Cl)c(NC2CCN3CCCC3C2)cc1Cl. The Morgan fingerprint density at radius 3 is 2.63 bits per heavy atom. The van der Waals surface area contributed by atoms with Crippen molar-refractivity contribution in [1.29, 1.82) is 0 Å². The highest BCUT2D eigenvalue weighted by atomic mass is 35.5. The van der Waals surface area contributed by atoms with Crippen LogP contribution >= 0.6 is 34.8 Å². The van der Waals surface area contributed by atoms with E-state index in [4.69, 9.17) is 34.8 Å². The third-order valence-corrected chi connectivity index (χ3v) is 5.22. The van der Waals surface area contributed by atoms with Crippen LogP contribution in [0.3, 0.4) is 0 Å². The summed E-state index contributed by atoms with van der Waals surface area (Å²) >= 11 is 18.2. The van der Waals surface area contributed by atoms with Gasteiger partial charge in [-0.2, -0.15) is 0 Å². The van der Waals surface area contributed by atoms with Crippen LogP contribution < -0.4 is 5.32 Å². The van der Waals surface area contributed by atoms with Gasteiger partial charge in [0.05, 0.1) is 20.8 Å². The number of piperidine rings is 1. The Morgan fingerprint density at radius 2 is 1.79 bits per heavy atom. The molecule has 2 heterocycles. The van der Waals surface area contributed by atoms with Gasteiger partial charge in [0.25, 0.3) is 0 Å². The van der Waals surface area contributed by atoms with Crippen LogP contribution in [0.1, 0.15) is 25.7 Å². The lowest BCUT2D eigenvalue weighted by molar-refractivity contribution is 0.188. The minimum Gasteiger partial charge on any atom is -0.381 e. The molecule has 0 aromatic heterocycles. The molecule has 19 heavy (non-hydrogen) atoms. The van der Waals surface area contributed by atoms with Gasteiger partial charge in [-0.3, -0.25) is 0 Å². The Hall–Kier alpha value is -0.150. The molecule has 0 spiro atoms. The van der Waals surface area contributed by atoms with E-state index < -0.39 is 0 Å². The van der Waals surface area contributed by atoms with Crippen molar-refractivity contribution in [3.8, 4) is 0 Å². The number of halogens is 3. The second-order valence-electron chi connectivity index (χ2n) is 5.44. The van der Waals surface area contributed by atoms with Gasteiger partial charge in [-0.15, -0.1) is 0 Å². The van der Waals surface area contributed by atoms with Crippen LogP contribution in [0.15, 0.2) is 12.1 Å². The van der Waals surface area contributed by atoms with E-state index in [1.807, 2.05) is 6.07 Å². The summed E-state index contributed by atoms with van der Waals surface area (Å²) in [6.45, 7) is 2.45. The van der Waals surface area contributed by atoms with E-state index in [2.05, 4.69) is 10.2 Å². The lowest BCUT2D eigenvalue weighted by Gasteiger charge is -2.35. The maximum absolute atomic E-state index is 6.22. The van der Waals surface area contributed by atoms with Crippen LogP contribution in [0.5, 0.6) is 0 Å². The van der Waals surface area contributed by atoms with E-state index in [1.54, 1.807) is 6.07 Å². The summed E-state index contributed by atoms with van der Waals surface area (Å²) in [6, 6.07) is 4.76. The zero-order chi connectivity index (χ0) is 13.4. The molecule has 3 rings (SSSR count). The Labute approximate surface area is 129 Å². The fraction of sp³-hybridized carbons (Fsp3) is 0.571. The fourth-order valence-electron chi connectivity index (χ4n) is 3.21. The largest absolute Gasteiger partial charge is 0.381 e. The quantitative estimate of drug-likeness (QED) is 0.796. The van der Waals surface area contributed by atoms with E-state index in [0.717, 1.165) is 18.2 Å². The third-order valence-electron chi connectivity index (χ3n) is 4.19. The van der Waals surface area contributed by atoms with Gasteiger partial charge in [0.2, 0.25) is 0 Å². The molecule has 1 aromatic rings. The molecule has 2 atom stereocenters. The summed E-state index contributed by atoms with van der Waals surface area (Å²) in [7, 11) is 0. The van der Waals surface area contributed by atoms with Crippen molar-refractivity contribution in [3.63, 3.8) is 0 Å². The zero-order valence-electron chi connectivity index (χ0n) is 10.6. The van der Waals surface area contributed by atoms with Crippen molar-refractivity contribution < 1.29 is 0 Å². The van der Waals surface area contributed by atoms with Crippen molar-refractivity contribution in [1.82, 2.24) is 4.90 Å². The predicted octanol–water partition coefficient (Wildman–Crippen LogP) is 4.69. The molecule has 1 N–H and O–H groups in total. The lowest BCUT2D eigenvalue weighted by atomic mass is 9.97. The molecule has 2 nitrogen and oxygen atoms in total. The lowest BCUT2D eigenvalue weighted by Crippen LogP contribution is -2.42. The van der Waals surface area contributed by atoms with Crippen molar-refractivity contribution in [2.45, 2.75) is 37.8 Å². The minimum absolute atomic E-state index is 0.481. The molecule has 5 heteroatoms. The highest BCUT2D eigenvalue weighted by Crippen LogP contribution is 2.34. The van der Waals surface area contributed by atoms with Crippen molar-refractivity contribution in [2.75, 3.05) is 18.4 Å². The van der Waals surface area contributed by atoms with Crippen LogP contribution in [-0.2, 0) is 0 Å². The Balaban J connectivity index is 1.70. The molecular weight excluding hydrogens is 303 g/mol. The molecule has 2 fully saturated rings. The highest BCUT2D eigenvalue weighted by molar-refractivity contribution is 6.44. The number of nitrogens with zero attached hydrogens (tertiary/aromatic N) is 1. The maximum atomic E-state index is 6.22. The Kier molecular flexibility index (Phi) is 4.14. The van der Waals surface area contributed by atoms with Crippen LogP contribution in [0, 0.1) is 0 Å². The van der Waals surface area contributed by atoms with Gasteiger partial charge >= 0.3 is 0 Å². The molecule has 104 valence electrons. The highest BCUT2D eigenvalue weighted by Gasteiger charge is 2.31. The van der Waals surface area contributed by atoms with Gasteiger partial charge in [0, 0.05) is 18.6 Å². The summed E-state index contributed by atoms with van der Waals surface area (Å²) in [4.78, 5) is 2.61. The number of hydrogen-bond donors (Lipinski definition) is 1. The summed E-state index contributed by atoms with van der Waals surface area (Å²) in [5.41, 5.74) is 0.896. The van der Waals surface area contributed by atoms with Crippen LogP contribution in [0.25, 0.3) is 0 Å². The van der Waals surface area contributed by atoms with Gasteiger partial charge in [-0.25, -0.2) is 0 Å². The first-order chi connectivity index (χ1) is 9.13. The first-order valence-electron chi connectivity index (χ1n) is 6.78. The van der Waals surface area contributed by atoms with E-state index in [-0.39, 0.29) is 0 Å². The Bertz CT molecular complexity index is 478. The molecule has 2 saturated heterocycles. The molecule has 2 unspecified atom stereocenters. The fourth-order valence-corrected chi connectivity index (χ4v) is 3.81. The average Bonchev–Trinajstić information content (AvgIpc) is 2.83. The van der Waals surface area contributed by atoms with E-state index in [0.29, 0.717) is 21.1 Å². The average molecular weight is 320 g/mol. The van der Waals surface area contributed by atoms with E-state index >= 15 is 0 Å². The summed E-state index contributed by atoms with van der Waals surface area (Å²) in [5.74, 6) is 0.